The molecule has 0 saturated heterocycles. The SMILES string of the molecule is CCOC(=O)CCCCCOc1ccc(C(c2ccc(OS(=O)(=O)O)cc2)c2ccccn2)cc1. The third-order valence-corrected chi connectivity index (χ3v) is 5.61. The summed E-state index contributed by atoms with van der Waals surface area (Å²) in [6.07, 6.45) is 4.66. The van der Waals surface area contributed by atoms with Crippen molar-refractivity contribution in [2.45, 2.75) is 38.5 Å². The predicted octanol–water partition coefficient (Wildman–Crippen LogP) is 4.95. The van der Waals surface area contributed by atoms with E-state index >= 15 is 0 Å². The Morgan fingerprint density at radius 3 is 2.14 bits per heavy atom. The van der Waals surface area contributed by atoms with E-state index in [0.29, 0.717) is 19.6 Å². The molecule has 0 spiro atoms. The van der Waals surface area contributed by atoms with Gasteiger partial charge in [0.15, 0.2) is 0 Å². The summed E-state index contributed by atoms with van der Waals surface area (Å²) in [5.41, 5.74) is 2.68. The lowest BCUT2D eigenvalue weighted by atomic mass is 9.88. The molecule has 0 fully saturated rings. The summed E-state index contributed by atoms with van der Waals surface area (Å²) in [6, 6.07) is 19.9. The van der Waals surface area contributed by atoms with Crippen molar-refractivity contribution in [2.24, 2.45) is 0 Å². The van der Waals surface area contributed by atoms with Crippen molar-refractivity contribution in [3.63, 3.8) is 0 Å². The van der Waals surface area contributed by atoms with Crippen LogP contribution in [0, 0.1) is 0 Å². The molecule has 1 heterocycles. The second-order valence-corrected chi connectivity index (χ2v) is 8.82. The molecule has 0 aliphatic rings. The number of hydrogen-bond acceptors (Lipinski definition) is 7. The van der Waals surface area contributed by atoms with E-state index in [0.717, 1.165) is 41.8 Å². The van der Waals surface area contributed by atoms with Crippen molar-refractivity contribution in [1.29, 1.82) is 0 Å². The number of ether oxygens (including phenoxy) is 2. The molecule has 0 bridgehead atoms. The summed E-state index contributed by atoms with van der Waals surface area (Å²) in [6.45, 7) is 2.77. The molecule has 2 aromatic carbocycles. The maximum Gasteiger partial charge on any atom is 0.446 e. The Bertz CT molecular complexity index is 1160. The van der Waals surface area contributed by atoms with E-state index in [2.05, 4.69) is 9.17 Å². The zero-order valence-electron chi connectivity index (χ0n) is 19.5. The van der Waals surface area contributed by atoms with Crippen LogP contribution in [0.25, 0.3) is 0 Å². The summed E-state index contributed by atoms with van der Waals surface area (Å²) in [4.78, 5) is 15.9. The van der Waals surface area contributed by atoms with Gasteiger partial charge in [-0.2, -0.15) is 8.42 Å². The van der Waals surface area contributed by atoms with E-state index in [1.54, 1.807) is 25.3 Å². The minimum atomic E-state index is -4.59. The smallest absolute Gasteiger partial charge is 0.446 e. The topological polar surface area (TPSA) is 112 Å². The molecular formula is C26H29NO7S. The summed E-state index contributed by atoms with van der Waals surface area (Å²) in [5.74, 6) is 0.401. The molecule has 9 heteroatoms. The van der Waals surface area contributed by atoms with Crippen LogP contribution in [0.2, 0.25) is 0 Å². The predicted molar refractivity (Wildman–Crippen MR) is 131 cm³/mol. The monoisotopic (exact) mass is 499 g/mol. The Hall–Kier alpha value is -3.43. The minimum Gasteiger partial charge on any atom is -0.494 e. The van der Waals surface area contributed by atoms with Gasteiger partial charge in [0.2, 0.25) is 0 Å². The molecular weight excluding hydrogens is 470 g/mol. The highest BCUT2D eigenvalue weighted by Crippen LogP contribution is 2.32. The number of hydrogen-bond donors (Lipinski definition) is 1. The van der Waals surface area contributed by atoms with Crippen LogP contribution in [0.5, 0.6) is 11.5 Å². The van der Waals surface area contributed by atoms with Crippen molar-refractivity contribution in [2.75, 3.05) is 13.2 Å². The third kappa shape index (κ3) is 8.70. The van der Waals surface area contributed by atoms with Crippen molar-refractivity contribution in [3.05, 3.63) is 89.7 Å². The van der Waals surface area contributed by atoms with Crippen molar-refractivity contribution in [1.82, 2.24) is 4.98 Å². The molecule has 1 aromatic heterocycles. The van der Waals surface area contributed by atoms with Gasteiger partial charge in [0.1, 0.15) is 11.5 Å². The highest BCUT2D eigenvalue weighted by Gasteiger charge is 2.19. The second kappa shape index (κ2) is 12.9. The standard InChI is InChI=1S/C26H29NO7S/c1-2-32-25(28)9-4-3-7-19-33-22-14-10-20(11-15-22)26(24-8-5-6-18-27-24)21-12-16-23(17-13-21)34-35(29,30)31/h5-6,8,10-18,26H,2-4,7,9,19H2,1H3,(H,29,30,31). The molecule has 1 unspecified atom stereocenters. The number of aromatic nitrogens is 1. The lowest BCUT2D eigenvalue weighted by Gasteiger charge is -2.18. The van der Waals surface area contributed by atoms with Crippen molar-refractivity contribution in [3.8, 4) is 11.5 Å². The van der Waals surface area contributed by atoms with Crippen LogP contribution in [0.3, 0.4) is 0 Å². The summed E-state index contributed by atoms with van der Waals surface area (Å²) >= 11 is 0. The molecule has 3 aromatic rings. The Balaban J connectivity index is 1.65. The highest BCUT2D eigenvalue weighted by molar-refractivity contribution is 7.81. The molecule has 0 saturated carbocycles. The molecule has 0 aliphatic heterocycles. The second-order valence-electron chi connectivity index (χ2n) is 7.80. The molecule has 0 amide bonds. The van der Waals surface area contributed by atoms with Gasteiger partial charge in [0, 0.05) is 12.6 Å². The molecule has 186 valence electrons. The number of esters is 1. The first-order chi connectivity index (χ1) is 16.9. The first-order valence-corrected chi connectivity index (χ1v) is 12.8. The molecule has 1 N–H and O–H groups in total. The van der Waals surface area contributed by atoms with Crippen LogP contribution in [-0.4, -0.2) is 37.1 Å². The van der Waals surface area contributed by atoms with Crippen LogP contribution in [-0.2, 0) is 19.9 Å². The largest absolute Gasteiger partial charge is 0.494 e. The lowest BCUT2D eigenvalue weighted by Crippen LogP contribution is -2.08. The van der Waals surface area contributed by atoms with Crippen molar-refractivity contribution < 1.29 is 31.4 Å². The van der Waals surface area contributed by atoms with Crippen LogP contribution in [0.15, 0.2) is 72.9 Å². The number of nitrogens with zero attached hydrogens (tertiary/aromatic N) is 1. The Morgan fingerprint density at radius 2 is 1.57 bits per heavy atom. The normalized spacial score (nSPS) is 12.1. The third-order valence-electron chi connectivity index (χ3n) is 5.21. The van der Waals surface area contributed by atoms with Gasteiger partial charge in [-0.25, -0.2) is 0 Å². The molecule has 8 nitrogen and oxygen atoms in total. The van der Waals surface area contributed by atoms with E-state index in [4.69, 9.17) is 14.0 Å². The number of pyridine rings is 1. The first kappa shape index (κ1) is 26.2. The fourth-order valence-corrected chi connectivity index (χ4v) is 4.00. The highest BCUT2D eigenvalue weighted by atomic mass is 32.3. The average molecular weight is 500 g/mol. The molecule has 0 aliphatic carbocycles. The fourth-order valence-electron chi connectivity index (χ4n) is 3.65. The van der Waals surface area contributed by atoms with Gasteiger partial charge in [-0.05, 0) is 73.7 Å². The maximum absolute atomic E-state index is 11.4. The fraction of sp³-hybridized carbons (Fsp3) is 0.308. The summed E-state index contributed by atoms with van der Waals surface area (Å²) in [5, 5.41) is 0. The number of rotatable bonds is 13. The van der Waals surface area contributed by atoms with Gasteiger partial charge in [-0.1, -0.05) is 30.3 Å². The number of carbonyl (C=O) groups is 1. The zero-order valence-corrected chi connectivity index (χ0v) is 20.3. The van der Waals surface area contributed by atoms with E-state index < -0.39 is 10.4 Å². The quantitative estimate of drug-likeness (QED) is 0.200. The van der Waals surface area contributed by atoms with E-state index in [-0.39, 0.29) is 17.6 Å². The van der Waals surface area contributed by atoms with E-state index in [1.807, 2.05) is 42.5 Å². The summed E-state index contributed by atoms with van der Waals surface area (Å²) in [7, 11) is -4.59. The van der Waals surface area contributed by atoms with E-state index in [9.17, 15) is 13.2 Å². The van der Waals surface area contributed by atoms with Crippen LogP contribution < -0.4 is 8.92 Å². The van der Waals surface area contributed by atoms with Crippen molar-refractivity contribution >= 4 is 16.4 Å². The molecule has 1 atom stereocenters. The molecule has 0 radical (unpaired) electrons. The van der Waals surface area contributed by atoms with Gasteiger partial charge in [0.05, 0.1) is 24.8 Å². The van der Waals surface area contributed by atoms with Crippen LogP contribution >= 0.6 is 0 Å². The van der Waals surface area contributed by atoms with Gasteiger partial charge in [0.25, 0.3) is 0 Å². The number of carbonyl (C=O) groups excluding carboxylic acids is 1. The average Bonchev–Trinajstić information content (AvgIpc) is 2.83. The van der Waals surface area contributed by atoms with Crippen LogP contribution in [0.4, 0.5) is 0 Å². The first-order valence-electron chi connectivity index (χ1n) is 11.4. The summed E-state index contributed by atoms with van der Waals surface area (Å²) < 4.78 is 46.1. The van der Waals surface area contributed by atoms with Gasteiger partial charge in [-0.15, -0.1) is 0 Å². The minimum absolute atomic E-state index is 0.0158. The molecule has 35 heavy (non-hydrogen) atoms. The van der Waals surface area contributed by atoms with Crippen LogP contribution in [0.1, 0.15) is 55.3 Å². The van der Waals surface area contributed by atoms with Gasteiger partial charge in [-0.3, -0.25) is 14.3 Å². The zero-order chi connectivity index (χ0) is 25.1. The van der Waals surface area contributed by atoms with Gasteiger partial charge < -0.3 is 13.7 Å². The Kier molecular flexibility index (Phi) is 9.63. The lowest BCUT2D eigenvalue weighted by molar-refractivity contribution is -0.143. The Morgan fingerprint density at radius 1 is 0.914 bits per heavy atom. The molecule has 3 rings (SSSR count). The van der Waals surface area contributed by atoms with Gasteiger partial charge >= 0.3 is 16.4 Å². The maximum atomic E-state index is 11.4. The van der Waals surface area contributed by atoms with E-state index in [1.165, 1.54) is 12.1 Å². The number of unbranched alkanes of at least 4 members (excludes halogenated alkanes) is 2. The number of benzene rings is 2. The Labute approximate surface area is 205 Å².